The second kappa shape index (κ2) is 7.53. The first-order valence-corrected chi connectivity index (χ1v) is 7.90. The van der Waals surface area contributed by atoms with Crippen molar-refractivity contribution < 1.29 is 9.47 Å². The Balaban J connectivity index is 0.00000176. The van der Waals surface area contributed by atoms with Gasteiger partial charge in [0.2, 0.25) is 0 Å². The first-order chi connectivity index (χ1) is 10.2. The van der Waals surface area contributed by atoms with Gasteiger partial charge in [-0.05, 0) is 30.7 Å². The van der Waals surface area contributed by atoms with Crippen LogP contribution in [0.4, 0.5) is 0 Å². The normalized spacial score (nSPS) is 27.9. The molecule has 22 heavy (non-hydrogen) atoms. The number of likely N-dealkylation sites (tertiary alicyclic amines) is 1. The Morgan fingerprint density at radius 3 is 2.68 bits per heavy atom. The second-order valence-corrected chi connectivity index (χ2v) is 6.37. The minimum Gasteiger partial charge on any atom is -0.493 e. The van der Waals surface area contributed by atoms with Gasteiger partial charge in [-0.15, -0.1) is 12.4 Å². The van der Waals surface area contributed by atoms with Gasteiger partial charge in [0.15, 0.2) is 11.5 Å². The quantitative estimate of drug-likeness (QED) is 0.924. The molecule has 1 saturated carbocycles. The summed E-state index contributed by atoms with van der Waals surface area (Å²) in [4.78, 5) is 2.53. The van der Waals surface area contributed by atoms with Crippen LogP contribution in [-0.4, -0.2) is 38.3 Å². The number of hydrogen-bond donors (Lipinski definition) is 1. The maximum Gasteiger partial charge on any atom is 0.165 e. The molecule has 5 heteroatoms. The van der Waals surface area contributed by atoms with Crippen molar-refractivity contribution in [2.24, 2.45) is 17.6 Å². The van der Waals surface area contributed by atoms with Crippen molar-refractivity contribution in [2.75, 3.05) is 27.3 Å². The lowest BCUT2D eigenvalue weighted by molar-refractivity contribution is 0.259. The van der Waals surface area contributed by atoms with E-state index in [1.807, 2.05) is 12.1 Å². The van der Waals surface area contributed by atoms with E-state index in [-0.39, 0.29) is 12.4 Å². The summed E-state index contributed by atoms with van der Waals surface area (Å²) in [5, 5.41) is 0. The highest BCUT2D eigenvalue weighted by atomic mass is 35.5. The van der Waals surface area contributed by atoms with Crippen molar-refractivity contribution in [3.05, 3.63) is 23.8 Å². The molecule has 1 aliphatic carbocycles. The Bertz CT molecular complexity index is 498. The number of rotatable bonds is 4. The van der Waals surface area contributed by atoms with Gasteiger partial charge in [0, 0.05) is 31.2 Å². The van der Waals surface area contributed by atoms with E-state index in [0.29, 0.717) is 12.0 Å². The monoisotopic (exact) mass is 326 g/mol. The first-order valence-electron chi connectivity index (χ1n) is 7.90. The molecule has 2 N–H and O–H groups in total. The van der Waals surface area contributed by atoms with Crippen LogP contribution < -0.4 is 15.2 Å². The number of methoxy groups -OCH3 is 2. The van der Waals surface area contributed by atoms with Crippen LogP contribution in [0.25, 0.3) is 0 Å². The van der Waals surface area contributed by atoms with Gasteiger partial charge in [0.05, 0.1) is 14.2 Å². The molecule has 0 spiro atoms. The number of fused-ring (bicyclic) bond motifs is 1. The van der Waals surface area contributed by atoms with Crippen molar-refractivity contribution >= 4 is 12.4 Å². The summed E-state index contributed by atoms with van der Waals surface area (Å²) in [5.41, 5.74) is 7.50. The van der Waals surface area contributed by atoms with E-state index in [0.717, 1.165) is 30.5 Å². The molecule has 2 fully saturated rings. The molecular weight excluding hydrogens is 300 g/mol. The molecule has 1 aromatic rings. The minimum absolute atomic E-state index is 0. The van der Waals surface area contributed by atoms with Crippen molar-refractivity contribution in [2.45, 2.75) is 31.8 Å². The number of para-hydroxylation sites is 1. The lowest BCUT2D eigenvalue weighted by Crippen LogP contribution is -2.38. The molecule has 124 valence electrons. The van der Waals surface area contributed by atoms with Gasteiger partial charge < -0.3 is 15.2 Å². The van der Waals surface area contributed by atoms with Crippen LogP contribution in [0, 0.1) is 11.8 Å². The lowest BCUT2D eigenvalue weighted by atomic mass is 9.78. The SMILES string of the molecule is COc1cccc(CN2CC3CCCC(N)C3C2)c1OC.Cl. The summed E-state index contributed by atoms with van der Waals surface area (Å²) >= 11 is 0. The third-order valence-electron chi connectivity index (χ3n) is 5.11. The highest BCUT2D eigenvalue weighted by Gasteiger charge is 2.38. The van der Waals surface area contributed by atoms with Crippen LogP contribution in [0.3, 0.4) is 0 Å². The highest BCUT2D eigenvalue weighted by molar-refractivity contribution is 5.85. The molecule has 1 heterocycles. The minimum atomic E-state index is 0. The number of nitrogens with zero attached hydrogens (tertiary/aromatic N) is 1. The summed E-state index contributed by atoms with van der Waals surface area (Å²) in [7, 11) is 3.39. The summed E-state index contributed by atoms with van der Waals surface area (Å²) < 4.78 is 10.9. The predicted octanol–water partition coefficient (Wildman–Crippen LogP) is 2.68. The summed E-state index contributed by atoms with van der Waals surface area (Å²) in [6.07, 6.45) is 3.82. The molecule has 3 unspecified atom stereocenters. The van der Waals surface area contributed by atoms with Gasteiger partial charge in [0.1, 0.15) is 0 Å². The fourth-order valence-electron chi connectivity index (χ4n) is 4.06. The van der Waals surface area contributed by atoms with E-state index in [1.54, 1.807) is 14.2 Å². The number of hydrogen-bond acceptors (Lipinski definition) is 4. The smallest absolute Gasteiger partial charge is 0.165 e. The zero-order valence-corrected chi connectivity index (χ0v) is 14.3. The molecule has 0 amide bonds. The molecule has 0 aromatic heterocycles. The van der Waals surface area contributed by atoms with E-state index < -0.39 is 0 Å². The summed E-state index contributed by atoms with van der Waals surface area (Å²) in [6, 6.07) is 6.50. The zero-order valence-electron chi connectivity index (χ0n) is 13.5. The average molecular weight is 327 g/mol. The molecule has 0 radical (unpaired) electrons. The summed E-state index contributed by atoms with van der Waals surface area (Å²) in [6.45, 7) is 3.20. The van der Waals surface area contributed by atoms with Crippen molar-refractivity contribution in [1.82, 2.24) is 4.90 Å². The molecular formula is C17H27ClN2O2. The average Bonchev–Trinajstić information content (AvgIpc) is 2.91. The molecule has 1 aromatic carbocycles. The van der Waals surface area contributed by atoms with Crippen molar-refractivity contribution in [3.8, 4) is 11.5 Å². The number of halogens is 1. The fourth-order valence-corrected chi connectivity index (χ4v) is 4.06. The van der Waals surface area contributed by atoms with Gasteiger partial charge in [0.25, 0.3) is 0 Å². The van der Waals surface area contributed by atoms with Crippen LogP contribution >= 0.6 is 12.4 Å². The van der Waals surface area contributed by atoms with Crippen molar-refractivity contribution in [1.29, 1.82) is 0 Å². The lowest BCUT2D eigenvalue weighted by Gasteiger charge is -2.29. The van der Waals surface area contributed by atoms with Crippen LogP contribution in [0.1, 0.15) is 24.8 Å². The molecule has 3 atom stereocenters. The topological polar surface area (TPSA) is 47.7 Å². The van der Waals surface area contributed by atoms with Gasteiger partial charge in [-0.3, -0.25) is 4.90 Å². The fraction of sp³-hybridized carbons (Fsp3) is 0.647. The summed E-state index contributed by atoms with van der Waals surface area (Å²) in [5.74, 6) is 3.13. The standard InChI is InChI=1S/C17H26N2O2.ClH/c1-20-16-8-4-6-13(17(16)21-2)10-19-9-12-5-3-7-15(18)14(12)11-19;/h4,6,8,12,14-15H,3,5,7,9-11,18H2,1-2H3;1H. The Hall–Kier alpha value is -0.970. The van der Waals surface area contributed by atoms with Gasteiger partial charge >= 0.3 is 0 Å². The molecule has 1 aliphatic heterocycles. The number of ether oxygens (including phenoxy) is 2. The van der Waals surface area contributed by atoms with Gasteiger partial charge in [-0.25, -0.2) is 0 Å². The van der Waals surface area contributed by atoms with Crippen LogP contribution in [0.5, 0.6) is 11.5 Å². The Morgan fingerprint density at radius 1 is 1.18 bits per heavy atom. The molecule has 3 rings (SSSR count). The van der Waals surface area contributed by atoms with Crippen LogP contribution in [0.2, 0.25) is 0 Å². The van der Waals surface area contributed by atoms with E-state index in [4.69, 9.17) is 15.2 Å². The van der Waals surface area contributed by atoms with Crippen molar-refractivity contribution in [3.63, 3.8) is 0 Å². The molecule has 0 bridgehead atoms. The molecule has 4 nitrogen and oxygen atoms in total. The van der Waals surface area contributed by atoms with Gasteiger partial charge in [-0.1, -0.05) is 18.6 Å². The largest absolute Gasteiger partial charge is 0.493 e. The number of nitrogens with two attached hydrogens (primary N) is 1. The molecule has 2 aliphatic rings. The Labute approximate surface area is 139 Å². The van der Waals surface area contributed by atoms with Crippen LogP contribution in [0.15, 0.2) is 18.2 Å². The van der Waals surface area contributed by atoms with E-state index in [2.05, 4.69) is 11.0 Å². The predicted molar refractivity (Wildman–Crippen MR) is 90.9 cm³/mol. The van der Waals surface area contributed by atoms with E-state index in [1.165, 1.54) is 31.4 Å². The third-order valence-corrected chi connectivity index (χ3v) is 5.11. The maximum atomic E-state index is 6.31. The maximum absolute atomic E-state index is 6.31. The number of benzene rings is 1. The highest BCUT2D eigenvalue weighted by Crippen LogP contribution is 2.38. The molecule has 1 saturated heterocycles. The second-order valence-electron chi connectivity index (χ2n) is 6.37. The Morgan fingerprint density at radius 2 is 2.00 bits per heavy atom. The Kier molecular flexibility index (Phi) is 5.95. The van der Waals surface area contributed by atoms with E-state index in [9.17, 15) is 0 Å². The zero-order chi connectivity index (χ0) is 14.8. The van der Waals surface area contributed by atoms with E-state index >= 15 is 0 Å². The van der Waals surface area contributed by atoms with Gasteiger partial charge in [-0.2, -0.15) is 0 Å². The first kappa shape index (κ1) is 17.4. The third kappa shape index (κ3) is 3.34. The van der Waals surface area contributed by atoms with Crippen LogP contribution in [-0.2, 0) is 6.54 Å².